The number of methoxy groups -OCH3 is 1. The van der Waals surface area contributed by atoms with E-state index in [-0.39, 0.29) is 5.75 Å². The molecular weight excluding hydrogens is 766 g/mol. The first-order valence-electron chi connectivity index (χ1n) is 17.5. The highest BCUT2D eigenvalue weighted by Crippen LogP contribution is 2.38. The number of benzene rings is 1. The molecule has 316 valence electrons. The fourth-order valence-electron chi connectivity index (χ4n) is 6.16. The van der Waals surface area contributed by atoms with Crippen LogP contribution in [0.15, 0.2) is 30.3 Å². The van der Waals surface area contributed by atoms with Gasteiger partial charge in [-0.05, 0) is 12.1 Å². The normalized spacial score (nSPS) is 27.9. The number of hydrogen-bond donors (Lipinski definition) is 2. The molecule has 2 aliphatic heterocycles. The topological polar surface area (TPSA) is 270 Å². The van der Waals surface area contributed by atoms with E-state index in [9.17, 15) is 43.5 Å². The Morgan fingerprint density at radius 1 is 0.807 bits per heavy atom. The molecular formula is C36H47NO20. The molecule has 1 aromatic carbocycles. The van der Waals surface area contributed by atoms with E-state index in [4.69, 9.17) is 52.1 Å². The number of carbonyl (C=O) groups excluding carboxylic acids is 8. The van der Waals surface area contributed by atoms with E-state index in [0.717, 1.165) is 55.6 Å². The molecule has 2 heterocycles. The number of rotatable bonds is 16. The zero-order valence-corrected chi connectivity index (χ0v) is 32.5. The van der Waals surface area contributed by atoms with Gasteiger partial charge in [-0.2, -0.15) is 0 Å². The van der Waals surface area contributed by atoms with Gasteiger partial charge in [-0.15, -0.1) is 0 Å². The number of nitrogens with one attached hydrogen (secondary N) is 1. The average Bonchev–Trinajstić information content (AvgIpc) is 3.11. The van der Waals surface area contributed by atoms with Crippen LogP contribution >= 0.6 is 0 Å². The average molecular weight is 814 g/mol. The zero-order chi connectivity index (χ0) is 42.6. The molecule has 21 nitrogen and oxygen atoms in total. The van der Waals surface area contributed by atoms with Crippen molar-refractivity contribution >= 4 is 47.7 Å². The third-order valence-electron chi connectivity index (χ3n) is 8.19. The molecule has 57 heavy (non-hydrogen) atoms. The monoisotopic (exact) mass is 813 g/mol. The van der Waals surface area contributed by atoms with Crippen LogP contribution in [0.3, 0.4) is 0 Å². The van der Waals surface area contributed by atoms with Gasteiger partial charge in [0.15, 0.2) is 18.3 Å². The molecule has 0 radical (unpaired) electrons. The molecule has 0 saturated carbocycles. The minimum absolute atomic E-state index is 0.211. The Morgan fingerprint density at radius 3 is 1.93 bits per heavy atom. The summed E-state index contributed by atoms with van der Waals surface area (Å²) >= 11 is 0. The first-order chi connectivity index (χ1) is 26.8. The van der Waals surface area contributed by atoms with Crippen LogP contribution in [0.4, 0.5) is 0 Å². The van der Waals surface area contributed by atoms with Crippen molar-refractivity contribution in [3.05, 3.63) is 30.3 Å². The summed E-state index contributed by atoms with van der Waals surface area (Å²) in [6.45, 7) is 5.70. The quantitative estimate of drug-likeness (QED) is 0.158. The summed E-state index contributed by atoms with van der Waals surface area (Å²) in [6.07, 6.45) is -15.8. The van der Waals surface area contributed by atoms with Crippen molar-refractivity contribution in [1.82, 2.24) is 5.32 Å². The van der Waals surface area contributed by atoms with Crippen LogP contribution in [-0.2, 0) is 85.7 Å². The molecule has 3 rings (SSSR count). The van der Waals surface area contributed by atoms with Crippen molar-refractivity contribution in [3.8, 4) is 5.75 Å². The Labute approximate surface area is 326 Å². The Hall–Kier alpha value is -5.38. The van der Waals surface area contributed by atoms with Gasteiger partial charge in [-0.3, -0.25) is 33.6 Å². The summed E-state index contributed by atoms with van der Waals surface area (Å²) in [6, 6.07) is 6.55. The van der Waals surface area contributed by atoms with Gasteiger partial charge >= 0.3 is 41.8 Å². The third kappa shape index (κ3) is 13.1. The van der Waals surface area contributed by atoms with Crippen LogP contribution in [0, 0.1) is 0 Å². The molecule has 0 bridgehead atoms. The van der Waals surface area contributed by atoms with Gasteiger partial charge in [0.1, 0.15) is 36.8 Å². The molecule has 21 heteroatoms. The van der Waals surface area contributed by atoms with Gasteiger partial charge in [0, 0.05) is 48.5 Å². The zero-order valence-electron chi connectivity index (χ0n) is 32.5. The lowest BCUT2D eigenvalue weighted by Gasteiger charge is -2.49. The first-order valence-corrected chi connectivity index (χ1v) is 17.5. The molecule has 1 aromatic rings. The number of para-hydroxylation sites is 1. The van der Waals surface area contributed by atoms with E-state index < -0.39 is 134 Å². The highest BCUT2D eigenvalue weighted by atomic mass is 16.8. The maximum absolute atomic E-state index is 13.8. The second-order valence-corrected chi connectivity index (χ2v) is 12.9. The van der Waals surface area contributed by atoms with Crippen LogP contribution in [0.2, 0.25) is 0 Å². The first kappa shape index (κ1) is 46.0. The summed E-state index contributed by atoms with van der Waals surface area (Å²) < 4.78 is 61.6. The van der Waals surface area contributed by atoms with E-state index in [1.54, 1.807) is 30.3 Å². The minimum atomic E-state index is -2.68. The van der Waals surface area contributed by atoms with Crippen molar-refractivity contribution < 1.29 is 95.6 Å². The number of hydrogen-bond acceptors (Lipinski definition) is 20. The van der Waals surface area contributed by atoms with Gasteiger partial charge in [0.25, 0.3) is 5.79 Å². The molecule has 0 aliphatic carbocycles. The van der Waals surface area contributed by atoms with Gasteiger partial charge in [-0.25, -0.2) is 4.79 Å². The van der Waals surface area contributed by atoms with Crippen molar-refractivity contribution in [2.75, 3.05) is 20.3 Å². The Balaban J connectivity index is 2.17. The second kappa shape index (κ2) is 20.7. The lowest BCUT2D eigenvalue weighted by molar-refractivity contribution is -0.334. The highest BCUT2D eigenvalue weighted by molar-refractivity contribution is 5.79. The third-order valence-corrected chi connectivity index (χ3v) is 8.19. The summed E-state index contributed by atoms with van der Waals surface area (Å²) in [5, 5.41) is 14.1. The molecule has 2 fully saturated rings. The SMILES string of the molecule is COC(=O)C1(OC[C@H]2O[C@@H](Oc3ccccc3)[C@H](OC(C)=O)[C@@H](OC(C)=O)[C@@H]2O)C[C@H](OC(C)=O)[C@@H](NC(C)=O)[C@H]([C@H](OC(C)=O)[C@@H](COC(C)=O)OC(C)=O)O1. The van der Waals surface area contributed by atoms with Crippen molar-refractivity contribution in [3.63, 3.8) is 0 Å². The fourth-order valence-corrected chi connectivity index (χ4v) is 6.16. The summed E-state index contributed by atoms with van der Waals surface area (Å²) in [5.74, 6) is -9.88. The summed E-state index contributed by atoms with van der Waals surface area (Å²) in [7, 11) is 0.953. The molecule has 1 amide bonds. The second-order valence-electron chi connectivity index (χ2n) is 12.9. The predicted octanol–water partition coefficient (Wildman–Crippen LogP) is -0.448. The van der Waals surface area contributed by atoms with Crippen LogP contribution in [-0.4, -0.2) is 140 Å². The van der Waals surface area contributed by atoms with Gasteiger partial charge in [0.05, 0.1) is 26.2 Å². The van der Waals surface area contributed by atoms with Crippen LogP contribution in [0.25, 0.3) is 0 Å². The number of aliphatic hydroxyl groups excluding tert-OH is 1. The number of ether oxygens (including phenoxy) is 11. The van der Waals surface area contributed by atoms with Gasteiger partial charge in [-0.1, -0.05) is 18.2 Å². The van der Waals surface area contributed by atoms with Crippen molar-refractivity contribution in [2.45, 2.75) is 122 Å². The van der Waals surface area contributed by atoms with Crippen LogP contribution in [0.1, 0.15) is 54.9 Å². The van der Waals surface area contributed by atoms with E-state index in [1.807, 2.05) is 0 Å². The Bertz CT molecular complexity index is 1620. The molecule has 0 spiro atoms. The van der Waals surface area contributed by atoms with E-state index >= 15 is 0 Å². The van der Waals surface area contributed by atoms with Crippen molar-refractivity contribution in [2.24, 2.45) is 0 Å². The van der Waals surface area contributed by atoms with Crippen LogP contribution < -0.4 is 10.1 Å². The van der Waals surface area contributed by atoms with Crippen LogP contribution in [0.5, 0.6) is 5.75 Å². The molecule has 11 atom stereocenters. The molecule has 2 N–H and O–H groups in total. The number of amides is 1. The largest absolute Gasteiger partial charge is 0.465 e. The molecule has 0 aromatic heterocycles. The lowest BCUT2D eigenvalue weighted by atomic mass is 9.87. The fraction of sp³-hybridized carbons (Fsp3) is 0.611. The molecule has 2 aliphatic rings. The maximum Gasteiger partial charge on any atom is 0.366 e. The van der Waals surface area contributed by atoms with E-state index in [1.165, 1.54) is 0 Å². The van der Waals surface area contributed by atoms with Gasteiger partial charge < -0.3 is 62.5 Å². The van der Waals surface area contributed by atoms with E-state index in [2.05, 4.69) is 5.32 Å². The van der Waals surface area contributed by atoms with Crippen molar-refractivity contribution in [1.29, 1.82) is 0 Å². The Morgan fingerprint density at radius 2 is 1.40 bits per heavy atom. The van der Waals surface area contributed by atoms with E-state index in [0.29, 0.717) is 0 Å². The number of esters is 7. The summed E-state index contributed by atoms with van der Waals surface area (Å²) in [5.41, 5.74) is 0. The molecule has 1 unspecified atom stereocenters. The number of aliphatic hydroxyl groups is 1. The Kier molecular flexibility index (Phi) is 16.7. The minimum Gasteiger partial charge on any atom is -0.465 e. The predicted molar refractivity (Wildman–Crippen MR) is 184 cm³/mol. The standard InChI is InChI=1S/C36H47NO20/c1-17(38)37-28-25(50-19(3)40)14-36(35(46)47-8,57-31(28)30(52-21(5)42)27(51-20(4)41)15-48-18(2)39)49-16-26-29(45)32(53-22(6)43)33(54-23(7)44)34(56-26)55-24-12-10-9-11-13-24/h9-13,25-34,45H,14-16H2,1-8H3,(H,37,38)/t25-,26+,27+,28+,29+,30+,31+,32-,33+,34+,36?/m0/s1. The smallest absolute Gasteiger partial charge is 0.366 e. The van der Waals surface area contributed by atoms with Gasteiger partial charge in [0.2, 0.25) is 18.3 Å². The summed E-state index contributed by atoms with van der Waals surface area (Å²) in [4.78, 5) is 99.9. The molecule has 2 saturated heterocycles. The highest BCUT2D eigenvalue weighted by Gasteiger charge is 2.60. The lowest BCUT2D eigenvalue weighted by Crippen LogP contribution is -2.70. The maximum atomic E-state index is 13.8. The number of carbonyl (C=O) groups is 8.